The van der Waals surface area contributed by atoms with Crippen LogP contribution in [0.15, 0.2) is 24.3 Å². The number of carbonyl (C=O) groups is 2. The van der Waals surface area contributed by atoms with Crippen LogP contribution in [0, 0.1) is 0 Å². The summed E-state index contributed by atoms with van der Waals surface area (Å²) in [5.41, 5.74) is 2.92. The Labute approximate surface area is 140 Å². The SMILES string of the molecule is CNC(=O)[C@H](C)N1CC[C@@]2(Cc3c([nH]c4ccccc34)CN2)C1=O. The van der Waals surface area contributed by atoms with E-state index in [2.05, 4.69) is 27.8 Å². The van der Waals surface area contributed by atoms with E-state index < -0.39 is 11.6 Å². The lowest BCUT2D eigenvalue weighted by molar-refractivity contribution is -0.140. The Morgan fingerprint density at radius 2 is 2.17 bits per heavy atom. The molecule has 2 aromatic rings. The van der Waals surface area contributed by atoms with Gasteiger partial charge in [0.25, 0.3) is 0 Å². The van der Waals surface area contributed by atoms with Gasteiger partial charge >= 0.3 is 0 Å². The molecule has 126 valence electrons. The number of likely N-dealkylation sites (tertiary alicyclic amines) is 1. The number of hydrogen-bond acceptors (Lipinski definition) is 3. The Kier molecular flexibility index (Phi) is 3.38. The minimum absolute atomic E-state index is 0.0366. The van der Waals surface area contributed by atoms with Crippen LogP contribution in [-0.2, 0) is 22.6 Å². The molecule has 2 aliphatic heterocycles. The summed E-state index contributed by atoms with van der Waals surface area (Å²) in [4.78, 5) is 30.1. The zero-order valence-electron chi connectivity index (χ0n) is 14.0. The predicted molar refractivity (Wildman–Crippen MR) is 91.4 cm³/mol. The van der Waals surface area contributed by atoms with Crippen molar-refractivity contribution in [3.05, 3.63) is 35.5 Å². The van der Waals surface area contributed by atoms with Gasteiger partial charge in [0.05, 0.1) is 0 Å². The van der Waals surface area contributed by atoms with Gasteiger partial charge < -0.3 is 15.2 Å². The van der Waals surface area contributed by atoms with Crippen molar-refractivity contribution in [1.82, 2.24) is 20.5 Å². The molecule has 0 bridgehead atoms. The van der Waals surface area contributed by atoms with Crippen molar-refractivity contribution in [2.75, 3.05) is 13.6 Å². The molecule has 1 aromatic heterocycles. The van der Waals surface area contributed by atoms with Crippen molar-refractivity contribution in [3.63, 3.8) is 0 Å². The van der Waals surface area contributed by atoms with Gasteiger partial charge in [-0.25, -0.2) is 0 Å². The third-order valence-electron chi connectivity index (χ3n) is 5.53. The Morgan fingerprint density at radius 1 is 1.38 bits per heavy atom. The lowest BCUT2D eigenvalue weighted by atomic mass is 9.85. The summed E-state index contributed by atoms with van der Waals surface area (Å²) in [5, 5.41) is 7.27. The van der Waals surface area contributed by atoms with E-state index in [-0.39, 0.29) is 11.8 Å². The average molecular weight is 326 g/mol. The number of rotatable bonds is 2. The Bertz CT molecular complexity index is 828. The van der Waals surface area contributed by atoms with E-state index in [9.17, 15) is 9.59 Å². The summed E-state index contributed by atoms with van der Waals surface area (Å²) in [6, 6.07) is 7.78. The molecular weight excluding hydrogens is 304 g/mol. The number of para-hydroxylation sites is 1. The Morgan fingerprint density at radius 3 is 2.96 bits per heavy atom. The summed E-state index contributed by atoms with van der Waals surface area (Å²) in [6.07, 6.45) is 1.40. The molecule has 0 unspecified atom stereocenters. The van der Waals surface area contributed by atoms with E-state index >= 15 is 0 Å². The molecule has 0 aliphatic carbocycles. The highest BCUT2D eigenvalue weighted by Gasteiger charge is 2.50. The lowest BCUT2D eigenvalue weighted by Crippen LogP contribution is -2.57. The highest BCUT2D eigenvalue weighted by molar-refractivity contribution is 5.95. The van der Waals surface area contributed by atoms with Crippen LogP contribution in [0.25, 0.3) is 10.9 Å². The van der Waals surface area contributed by atoms with Crippen molar-refractivity contribution in [1.29, 1.82) is 0 Å². The first-order valence-corrected chi connectivity index (χ1v) is 8.42. The number of likely N-dealkylation sites (N-methyl/N-ethyl adjacent to an activating group) is 1. The number of nitrogens with one attached hydrogen (secondary N) is 3. The van der Waals surface area contributed by atoms with E-state index in [1.807, 2.05) is 12.1 Å². The first-order valence-electron chi connectivity index (χ1n) is 8.42. The normalized spacial score (nSPS) is 24.4. The van der Waals surface area contributed by atoms with Gasteiger partial charge in [0.15, 0.2) is 0 Å². The second kappa shape index (κ2) is 5.34. The van der Waals surface area contributed by atoms with E-state index in [0.29, 0.717) is 19.5 Å². The fraction of sp³-hybridized carbons (Fsp3) is 0.444. The number of carbonyl (C=O) groups excluding carboxylic acids is 2. The van der Waals surface area contributed by atoms with Crippen LogP contribution in [0.1, 0.15) is 24.6 Å². The number of amides is 2. The van der Waals surface area contributed by atoms with E-state index in [4.69, 9.17) is 0 Å². The van der Waals surface area contributed by atoms with Gasteiger partial charge in [-0.15, -0.1) is 0 Å². The molecule has 1 saturated heterocycles. The highest BCUT2D eigenvalue weighted by Crippen LogP contribution is 2.36. The lowest BCUT2D eigenvalue weighted by Gasteiger charge is -2.34. The molecule has 1 fully saturated rings. The second-order valence-corrected chi connectivity index (χ2v) is 6.78. The molecule has 3 N–H and O–H groups in total. The molecule has 3 heterocycles. The van der Waals surface area contributed by atoms with Gasteiger partial charge in [-0.3, -0.25) is 14.9 Å². The molecule has 2 aliphatic rings. The zero-order valence-corrected chi connectivity index (χ0v) is 14.0. The zero-order chi connectivity index (χ0) is 16.9. The number of hydrogen-bond donors (Lipinski definition) is 3. The van der Waals surface area contributed by atoms with Crippen LogP contribution in [0.4, 0.5) is 0 Å². The smallest absolute Gasteiger partial charge is 0.243 e. The molecule has 24 heavy (non-hydrogen) atoms. The fourth-order valence-electron chi connectivity index (χ4n) is 4.07. The number of H-pyrrole nitrogens is 1. The van der Waals surface area contributed by atoms with Crippen LogP contribution in [-0.4, -0.2) is 46.9 Å². The molecule has 1 aromatic carbocycles. The monoisotopic (exact) mass is 326 g/mol. The minimum Gasteiger partial charge on any atom is -0.357 e. The summed E-state index contributed by atoms with van der Waals surface area (Å²) >= 11 is 0. The summed E-state index contributed by atoms with van der Waals surface area (Å²) in [7, 11) is 1.60. The Hall–Kier alpha value is -2.34. The summed E-state index contributed by atoms with van der Waals surface area (Å²) in [5.74, 6) is -0.0847. The van der Waals surface area contributed by atoms with E-state index in [0.717, 1.165) is 17.6 Å². The van der Waals surface area contributed by atoms with Crippen molar-refractivity contribution in [2.24, 2.45) is 0 Å². The van der Waals surface area contributed by atoms with Gasteiger partial charge in [0.2, 0.25) is 11.8 Å². The van der Waals surface area contributed by atoms with Crippen LogP contribution in [0.3, 0.4) is 0 Å². The van der Waals surface area contributed by atoms with Gasteiger partial charge in [0, 0.05) is 43.2 Å². The third-order valence-corrected chi connectivity index (χ3v) is 5.53. The molecule has 0 saturated carbocycles. The number of aromatic nitrogens is 1. The standard InChI is InChI=1S/C18H22N4O2/c1-11(16(23)19-2)22-8-7-18(17(22)24)9-13-12-5-3-4-6-14(12)21-15(13)10-20-18/h3-6,11,20-21H,7-10H2,1-2H3,(H,19,23)/t11-,18+/m0/s1. The van der Waals surface area contributed by atoms with Crippen LogP contribution < -0.4 is 10.6 Å². The fourth-order valence-corrected chi connectivity index (χ4v) is 4.07. The number of aromatic amines is 1. The van der Waals surface area contributed by atoms with Gasteiger partial charge in [-0.2, -0.15) is 0 Å². The molecular formula is C18H22N4O2. The van der Waals surface area contributed by atoms with Gasteiger partial charge in [-0.05, 0) is 25.0 Å². The van der Waals surface area contributed by atoms with Gasteiger partial charge in [-0.1, -0.05) is 18.2 Å². The summed E-state index contributed by atoms with van der Waals surface area (Å²) < 4.78 is 0. The topological polar surface area (TPSA) is 77.2 Å². The molecule has 6 nitrogen and oxygen atoms in total. The number of nitrogens with zero attached hydrogens (tertiary/aromatic N) is 1. The maximum absolute atomic E-state index is 13.1. The van der Waals surface area contributed by atoms with E-state index in [1.54, 1.807) is 18.9 Å². The average Bonchev–Trinajstić information content (AvgIpc) is 3.12. The largest absolute Gasteiger partial charge is 0.357 e. The van der Waals surface area contributed by atoms with Crippen LogP contribution in [0.2, 0.25) is 0 Å². The molecule has 1 spiro atoms. The molecule has 4 rings (SSSR count). The predicted octanol–water partition coefficient (Wildman–Crippen LogP) is 0.919. The van der Waals surface area contributed by atoms with Crippen LogP contribution >= 0.6 is 0 Å². The number of benzene rings is 1. The van der Waals surface area contributed by atoms with Crippen molar-refractivity contribution < 1.29 is 9.59 Å². The third kappa shape index (κ3) is 2.06. The Balaban J connectivity index is 1.66. The second-order valence-electron chi connectivity index (χ2n) is 6.78. The maximum atomic E-state index is 13.1. The molecule has 2 amide bonds. The summed E-state index contributed by atoms with van der Waals surface area (Å²) in [6.45, 7) is 3.05. The van der Waals surface area contributed by atoms with Crippen molar-refractivity contribution in [3.8, 4) is 0 Å². The van der Waals surface area contributed by atoms with Crippen molar-refractivity contribution in [2.45, 2.75) is 37.9 Å². The van der Waals surface area contributed by atoms with E-state index in [1.165, 1.54) is 10.9 Å². The molecule has 0 radical (unpaired) electrons. The molecule has 6 heteroatoms. The van der Waals surface area contributed by atoms with Crippen LogP contribution in [0.5, 0.6) is 0 Å². The van der Waals surface area contributed by atoms with Crippen molar-refractivity contribution >= 4 is 22.7 Å². The first-order chi connectivity index (χ1) is 11.6. The first kappa shape index (κ1) is 15.2. The van der Waals surface area contributed by atoms with Gasteiger partial charge in [0.1, 0.15) is 11.6 Å². The molecule has 2 atom stereocenters. The quantitative estimate of drug-likeness (QED) is 0.768. The minimum atomic E-state index is -0.583. The highest BCUT2D eigenvalue weighted by atomic mass is 16.2. The number of fused-ring (bicyclic) bond motifs is 3. The maximum Gasteiger partial charge on any atom is 0.243 e.